The zero-order valence-electron chi connectivity index (χ0n) is 5.21. The van der Waals surface area contributed by atoms with Crippen LogP contribution >= 0.6 is 15.9 Å². The Hall–Kier alpha value is -0.840. The zero-order valence-corrected chi connectivity index (χ0v) is 6.79. The number of imidazole rings is 1. The summed E-state index contributed by atoms with van der Waals surface area (Å²) >= 11 is 3.07. The van der Waals surface area contributed by atoms with Crippen LogP contribution in [0.5, 0.6) is 0 Å². The summed E-state index contributed by atoms with van der Waals surface area (Å²) in [5, 5.41) is 8.50. The van der Waals surface area contributed by atoms with Crippen LogP contribution in [-0.4, -0.2) is 20.6 Å². The Kier molecular flexibility index (Phi) is 1.76. The SMILES string of the molecule is Cn1c(C(=O)O)cnc1Br. The number of hydrogen-bond acceptors (Lipinski definition) is 2. The van der Waals surface area contributed by atoms with Gasteiger partial charge in [0.05, 0.1) is 6.20 Å². The first-order chi connectivity index (χ1) is 4.63. The highest BCUT2D eigenvalue weighted by molar-refractivity contribution is 9.10. The number of hydrogen-bond donors (Lipinski definition) is 1. The average Bonchev–Trinajstić information content (AvgIpc) is 2.14. The molecule has 0 aromatic carbocycles. The van der Waals surface area contributed by atoms with Gasteiger partial charge in [0.15, 0.2) is 4.73 Å². The van der Waals surface area contributed by atoms with Gasteiger partial charge in [-0.2, -0.15) is 0 Å². The third-order valence-corrected chi connectivity index (χ3v) is 1.89. The van der Waals surface area contributed by atoms with E-state index in [2.05, 4.69) is 20.9 Å². The number of aromatic nitrogens is 2. The molecule has 0 fully saturated rings. The smallest absolute Gasteiger partial charge is 0.354 e. The highest BCUT2D eigenvalue weighted by atomic mass is 79.9. The second-order valence-electron chi connectivity index (χ2n) is 1.78. The normalized spacial score (nSPS) is 9.80. The largest absolute Gasteiger partial charge is 0.477 e. The number of carboxylic acid groups (broad SMARTS) is 1. The minimum Gasteiger partial charge on any atom is -0.477 e. The highest BCUT2D eigenvalue weighted by Crippen LogP contribution is 2.08. The third-order valence-electron chi connectivity index (χ3n) is 1.15. The van der Waals surface area contributed by atoms with Crippen LogP contribution in [0.25, 0.3) is 0 Å². The van der Waals surface area contributed by atoms with E-state index in [0.29, 0.717) is 4.73 Å². The van der Waals surface area contributed by atoms with Gasteiger partial charge in [0.1, 0.15) is 5.69 Å². The first-order valence-corrected chi connectivity index (χ1v) is 3.32. The summed E-state index contributed by atoms with van der Waals surface area (Å²) in [6.07, 6.45) is 1.30. The zero-order chi connectivity index (χ0) is 7.72. The van der Waals surface area contributed by atoms with Crippen LogP contribution in [0.15, 0.2) is 10.9 Å². The van der Waals surface area contributed by atoms with Crippen molar-refractivity contribution in [1.29, 1.82) is 0 Å². The maximum atomic E-state index is 10.4. The van der Waals surface area contributed by atoms with Crippen molar-refractivity contribution < 1.29 is 9.90 Å². The lowest BCUT2D eigenvalue weighted by atomic mass is 10.5. The van der Waals surface area contributed by atoms with Crippen LogP contribution < -0.4 is 0 Å². The van der Waals surface area contributed by atoms with Crippen LogP contribution in [0.2, 0.25) is 0 Å². The van der Waals surface area contributed by atoms with Gasteiger partial charge in [0, 0.05) is 7.05 Å². The van der Waals surface area contributed by atoms with Crippen molar-refractivity contribution in [2.75, 3.05) is 0 Å². The van der Waals surface area contributed by atoms with Gasteiger partial charge in [-0.25, -0.2) is 9.78 Å². The van der Waals surface area contributed by atoms with Crippen LogP contribution in [0.4, 0.5) is 0 Å². The molecule has 0 amide bonds. The fourth-order valence-electron chi connectivity index (χ4n) is 0.586. The minimum absolute atomic E-state index is 0.173. The van der Waals surface area contributed by atoms with Crippen molar-refractivity contribution in [3.05, 3.63) is 16.6 Å². The molecule has 10 heavy (non-hydrogen) atoms. The molecular weight excluding hydrogens is 200 g/mol. The Morgan fingerprint density at radius 3 is 2.70 bits per heavy atom. The predicted octanol–water partition coefficient (Wildman–Crippen LogP) is 0.881. The quantitative estimate of drug-likeness (QED) is 0.740. The molecule has 5 heteroatoms. The Balaban J connectivity index is 3.17. The summed E-state index contributed by atoms with van der Waals surface area (Å²) in [5.41, 5.74) is 0.173. The van der Waals surface area contributed by atoms with Gasteiger partial charge in [-0.15, -0.1) is 0 Å². The van der Waals surface area contributed by atoms with Gasteiger partial charge in [-0.1, -0.05) is 0 Å². The Morgan fingerprint density at radius 2 is 2.50 bits per heavy atom. The van der Waals surface area contributed by atoms with E-state index in [9.17, 15) is 4.79 Å². The first-order valence-electron chi connectivity index (χ1n) is 2.53. The standard InChI is InChI=1S/C5H5BrN2O2/c1-8-3(4(9)10)2-7-5(8)6/h2H,1H3,(H,9,10). The van der Waals surface area contributed by atoms with E-state index < -0.39 is 5.97 Å². The highest BCUT2D eigenvalue weighted by Gasteiger charge is 2.09. The van der Waals surface area contributed by atoms with Crippen molar-refractivity contribution in [1.82, 2.24) is 9.55 Å². The Morgan fingerprint density at radius 1 is 1.90 bits per heavy atom. The second-order valence-corrected chi connectivity index (χ2v) is 2.49. The molecule has 0 atom stereocenters. The van der Waals surface area contributed by atoms with Crippen molar-refractivity contribution in [3.63, 3.8) is 0 Å². The Labute approximate surface area is 65.6 Å². The van der Waals surface area contributed by atoms with Crippen LogP contribution in [0.3, 0.4) is 0 Å². The molecule has 0 aliphatic heterocycles. The van der Waals surface area contributed by atoms with E-state index >= 15 is 0 Å². The van der Waals surface area contributed by atoms with Gasteiger partial charge in [-0.05, 0) is 15.9 Å². The molecule has 4 nitrogen and oxygen atoms in total. The molecule has 54 valence electrons. The average molecular weight is 205 g/mol. The van der Waals surface area contributed by atoms with E-state index in [-0.39, 0.29) is 5.69 Å². The van der Waals surface area contributed by atoms with Crippen molar-refractivity contribution in [3.8, 4) is 0 Å². The maximum absolute atomic E-state index is 10.4. The predicted molar refractivity (Wildman–Crippen MR) is 37.9 cm³/mol. The Bertz CT molecular complexity index is 269. The van der Waals surface area contributed by atoms with Crippen LogP contribution in [0, 0.1) is 0 Å². The number of aromatic carboxylic acids is 1. The molecule has 1 rings (SSSR count). The molecule has 0 aliphatic rings. The third kappa shape index (κ3) is 1.04. The summed E-state index contributed by atoms with van der Waals surface area (Å²) < 4.78 is 1.97. The summed E-state index contributed by atoms with van der Waals surface area (Å²) in [4.78, 5) is 14.1. The maximum Gasteiger partial charge on any atom is 0.354 e. The number of carboxylic acids is 1. The van der Waals surface area contributed by atoms with Gasteiger partial charge >= 0.3 is 5.97 Å². The molecule has 1 aromatic heterocycles. The summed E-state index contributed by atoms with van der Waals surface area (Å²) in [6, 6.07) is 0. The van der Waals surface area contributed by atoms with E-state index in [4.69, 9.17) is 5.11 Å². The first kappa shape index (κ1) is 7.27. The molecule has 0 unspecified atom stereocenters. The molecular formula is C5H5BrN2O2. The molecule has 1 N–H and O–H groups in total. The summed E-state index contributed by atoms with van der Waals surface area (Å²) in [7, 11) is 1.63. The molecule has 0 radical (unpaired) electrons. The lowest BCUT2D eigenvalue weighted by Gasteiger charge is -1.94. The number of carbonyl (C=O) groups is 1. The fraction of sp³-hybridized carbons (Fsp3) is 0.200. The number of halogens is 1. The number of nitrogens with zero attached hydrogens (tertiary/aromatic N) is 2. The van der Waals surface area contributed by atoms with E-state index in [1.54, 1.807) is 7.05 Å². The van der Waals surface area contributed by atoms with Gasteiger partial charge in [0.25, 0.3) is 0 Å². The van der Waals surface area contributed by atoms with Crippen molar-refractivity contribution in [2.45, 2.75) is 0 Å². The van der Waals surface area contributed by atoms with E-state index in [0.717, 1.165) is 0 Å². The molecule has 0 saturated carbocycles. The molecule has 0 saturated heterocycles. The molecule has 1 aromatic rings. The fourth-order valence-corrected chi connectivity index (χ4v) is 0.879. The van der Waals surface area contributed by atoms with Crippen LogP contribution in [-0.2, 0) is 7.05 Å². The van der Waals surface area contributed by atoms with E-state index in [1.807, 2.05) is 0 Å². The summed E-state index contributed by atoms with van der Waals surface area (Å²) in [5.74, 6) is -0.972. The number of rotatable bonds is 1. The topological polar surface area (TPSA) is 55.1 Å². The monoisotopic (exact) mass is 204 g/mol. The molecule has 0 aliphatic carbocycles. The lowest BCUT2D eigenvalue weighted by Crippen LogP contribution is -2.03. The summed E-state index contributed by atoms with van der Waals surface area (Å²) in [6.45, 7) is 0. The van der Waals surface area contributed by atoms with Crippen LogP contribution in [0.1, 0.15) is 10.5 Å². The van der Waals surface area contributed by atoms with Gasteiger partial charge < -0.3 is 9.67 Å². The van der Waals surface area contributed by atoms with Crippen molar-refractivity contribution in [2.24, 2.45) is 7.05 Å². The molecule has 0 spiro atoms. The minimum atomic E-state index is -0.972. The second kappa shape index (κ2) is 2.42. The van der Waals surface area contributed by atoms with Gasteiger partial charge in [-0.3, -0.25) is 0 Å². The van der Waals surface area contributed by atoms with Crippen molar-refractivity contribution >= 4 is 21.9 Å². The lowest BCUT2D eigenvalue weighted by molar-refractivity contribution is 0.0686. The molecule has 0 bridgehead atoms. The van der Waals surface area contributed by atoms with Gasteiger partial charge in [0.2, 0.25) is 0 Å². The van der Waals surface area contributed by atoms with E-state index in [1.165, 1.54) is 10.8 Å². The molecule has 1 heterocycles.